The molecule has 20 heteroatoms. The molecule has 5 N–H and O–H groups in total. The van der Waals surface area contributed by atoms with Gasteiger partial charge in [-0.25, -0.2) is 19.6 Å². The van der Waals surface area contributed by atoms with Gasteiger partial charge in [0.25, 0.3) is 5.91 Å². The van der Waals surface area contributed by atoms with Crippen LogP contribution in [-0.4, -0.2) is 76.9 Å². The number of ether oxygens (including phenoxy) is 2. The van der Waals surface area contributed by atoms with Crippen molar-refractivity contribution in [3.63, 3.8) is 0 Å². The van der Waals surface area contributed by atoms with E-state index in [-0.39, 0.29) is 41.3 Å². The Morgan fingerprint density at radius 1 is 0.836 bits per heavy atom. The third-order valence-electron chi connectivity index (χ3n) is 7.73. The molecule has 4 aromatic rings. The molecule has 0 spiro atoms. The second kappa shape index (κ2) is 27.6. The van der Waals surface area contributed by atoms with Gasteiger partial charge < -0.3 is 30.9 Å². The van der Waals surface area contributed by atoms with Crippen LogP contribution >= 0.6 is 80.7 Å². The minimum Gasteiger partial charge on any atom is -0.480 e. The average Bonchev–Trinajstić information content (AvgIpc) is 3.74. The first kappa shape index (κ1) is 57.6. The van der Waals surface area contributed by atoms with Gasteiger partial charge in [0, 0.05) is 39.0 Å². The van der Waals surface area contributed by atoms with Crippen molar-refractivity contribution in [2.24, 2.45) is 17.6 Å². The Labute approximate surface area is 392 Å². The monoisotopic (exact) mass is 984 g/mol. The van der Waals surface area contributed by atoms with Crippen LogP contribution < -0.4 is 21.3 Å². The largest absolute Gasteiger partial charge is 0.480 e. The molecule has 0 bridgehead atoms. The lowest BCUT2D eigenvalue weighted by atomic mass is 10.0. The summed E-state index contributed by atoms with van der Waals surface area (Å²) in [6, 6.07) is 9.25. The van der Waals surface area contributed by atoms with Crippen molar-refractivity contribution in [2.45, 2.75) is 88.7 Å². The zero-order valence-electron chi connectivity index (χ0n) is 32.5. The van der Waals surface area contributed by atoms with Crippen LogP contribution in [0.4, 0.5) is 19.9 Å². The quantitative estimate of drug-likeness (QED) is 0.0696. The maximum atomic E-state index is 12.5. The summed E-state index contributed by atoms with van der Waals surface area (Å²) >= 11 is 32.0. The minimum absolute atomic E-state index is 0. The number of thiazole rings is 2. The molecule has 5 rings (SSSR count). The number of nitrogens with two attached hydrogens (primary N) is 1. The van der Waals surface area contributed by atoms with E-state index in [0.29, 0.717) is 55.3 Å². The summed E-state index contributed by atoms with van der Waals surface area (Å²) in [5, 5.41) is 17.6. The fraction of sp³-hybridized carbons (Fsp3) is 0.463. The second-order valence-electron chi connectivity index (χ2n) is 13.4. The normalized spacial score (nSPS) is 13.1. The number of hydrogen-bond donors (Lipinski definition) is 4. The van der Waals surface area contributed by atoms with Crippen molar-refractivity contribution in [3.05, 3.63) is 66.2 Å². The molecule has 2 aromatic carbocycles. The molecular weight excluding hydrogens is 930 g/mol. The molecule has 2 unspecified atom stereocenters. The highest BCUT2D eigenvalue weighted by atomic mass is 35.5. The van der Waals surface area contributed by atoms with E-state index in [1.807, 2.05) is 12.1 Å². The molecule has 0 saturated carbocycles. The highest BCUT2D eigenvalue weighted by Gasteiger charge is 2.41. The number of nitrogens with zero attached hydrogens (tertiary/aromatic N) is 3. The number of alkyl carbamates (subject to hydrolysis) is 1. The van der Waals surface area contributed by atoms with E-state index in [9.17, 15) is 19.2 Å². The predicted molar refractivity (Wildman–Crippen MR) is 256 cm³/mol. The fourth-order valence-electron chi connectivity index (χ4n) is 5.06. The van der Waals surface area contributed by atoms with Crippen molar-refractivity contribution in [3.8, 4) is 22.5 Å². The first-order chi connectivity index (χ1) is 27.3. The van der Waals surface area contributed by atoms with E-state index in [0.717, 1.165) is 45.1 Å². The van der Waals surface area contributed by atoms with Gasteiger partial charge in [0.2, 0.25) is 0 Å². The standard InChI is InChI=1S/C19H21Cl2N3O3S.C16H19Cl2N3O2S.C3H5ClO2.3CH4/c1-4-27-19(26)22-14-9-24(17(14)25)18-23-16(15(28-18)7-10(2)3)11-5-6-12(20)13(21)8-11;1-8(2)5-13-14(9-3-4-10(17)11(18)6-9)21-16(24-13)20-7-12(19)15(22)23;1-2-6-3(4)5;;;/h5-6,8,10,14H,4,7,9H2,1-3H3,(H,22,26);3-4,6,8,12H,5,7,19H2,1-2H3,(H,20,21)(H,22,23);2H2,1H3;3*1H4. The molecule has 2 aromatic heterocycles. The minimum atomic E-state index is -1.05. The third-order valence-corrected chi connectivity index (χ3v) is 11.5. The summed E-state index contributed by atoms with van der Waals surface area (Å²) < 4.78 is 8.99. The second-order valence-corrected chi connectivity index (χ2v) is 17.5. The average molecular weight is 987 g/mol. The number of β-lactam (4-membered cyclic amide) rings is 1. The Bertz CT molecular complexity index is 2050. The molecule has 2 atom stereocenters. The van der Waals surface area contributed by atoms with Gasteiger partial charge in [0.05, 0.1) is 51.2 Å². The van der Waals surface area contributed by atoms with Gasteiger partial charge in [-0.15, -0.1) is 22.7 Å². The van der Waals surface area contributed by atoms with E-state index < -0.39 is 29.6 Å². The number of amides is 2. The van der Waals surface area contributed by atoms with Gasteiger partial charge in [0.15, 0.2) is 10.3 Å². The molecule has 1 fully saturated rings. The Morgan fingerprint density at radius 3 is 1.74 bits per heavy atom. The molecule has 2 amide bonds. The van der Waals surface area contributed by atoms with E-state index in [2.05, 4.69) is 48.0 Å². The number of anilines is 2. The zero-order chi connectivity index (χ0) is 43.3. The lowest BCUT2D eigenvalue weighted by molar-refractivity contribution is -0.138. The van der Waals surface area contributed by atoms with Crippen LogP contribution in [0.15, 0.2) is 36.4 Å². The number of benzene rings is 2. The van der Waals surface area contributed by atoms with Crippen LogP contribution in [0, 0.1) is 11.8 Å². The summed E-state index contributed by atoms with van der Waals surface area (Å²) in [5.41, 5.74) is 8.17. The molecule has 1 aliphatic rings. The van der Waals surface area contributed by atoms with Crippen LogP contribution in [0.2, 0.25) is 20.1 Å². The number of hydrogen-bond acceptors (Lipinski definition) is 12. The highest BCUT2D eigenvalue weighted by molar-refractivity contribution is 7.16. The van der Waals surface area contributed by atoms with Crippen LogP contribution in [0.1, 0.15) is 73.6 Å². The van der Waals surface area contributed by atoms with Crippen molar-refractivity contribution >= 4 is 114 Å². The summed E-state index contributed by atoms with van der Waals surface area (Å²) in [7, 11) is 0. The highest BCUT2D eigenvalue weighted by Crippen LogP contribution is 2.39. The third kappa shape index (κ3) is 17.7. The number of carbonyl (C=O) groups is 4. The summed E-state index contributed by atoms with van der Waals surface area (Å²) in [6.07, 6.45) is 1.11. The molecule has 1 saturated heterocycles. The lowest BCUT2D eigenvalue weighted by Crippen LogP contribution is -2.64. The van der Waals surface area contributed by atoms with E-state index >= 15 is 0 Å². The lowest BCUT2D eigenvalue weighted by Gasteiger charge is -2.36. The smallest absolute Gasteiger partial charge is 0.407 e. The number of aliphatic carboxylic acids is 1. The van der Waals surface area contributed by atoms with Crippen molar-refractivity contribution in [1.82, 2.24) is 15.3 Å². The summed E-state index contributed by atoms with van der Waals surface area (Å²) in [4.78, 5) is 57.4. The van der Waals surface area contributed by atoms with Crippen LogP contribution in [0.5, 0.6) is 0 Å². The van der Waals surface area contributed by atoms with Crippen molar-refractivity contribution in [1.29, 1.82) is 0 Å². The first-order valence-corrected chi connectivity index (χ1v) is 21.6. The number of nitrogens with one attached hydrogen (secondary N) is 2. The molecular formula is C41H57Cl5N6O7S2. The molecule has 0 radical (unpaired) electrons. The van der Waals surface area contributed by atoms with Gasteiger partial charge in [-0.1, -0.05) is 109 Å². The maximum Gasteiger partial charge on any atom is 0.407 e. The molecule has 3 heterocycles. The fourth-order valence-corrected chi connectivity index (χ4v) is 8.27. The zero-order valence-corrected chi connectivity index (χ0v) is 38.0. The van der Waals surface area contributed by atoms with E-state index in [1.165, 1.54) is 22.7 Å². The number of carboxylic acid groups (broad SMARTS) is 1. The summed E-state index contributed by atoms with van der Waals surface area (Å²) in [6.45, 7) is 13.0. The van der Waals surface area contributed by atoms with Crippen LogP contribution in [0.25, 0.3) is 22.5 Å². The number of carboxylic acids is 1. The predicted octanol–water partition coefficient (Wildman–Crippen LogP) is 12.2. The van der Waals surface area contributed by atoms with Crippen LogP contribution in [-0.2, 0) is 31.9 Å². The Balaban J connectivity index is 0.00000101. The topological polar surface area (TPSA) is 186 Å². The van der Waals surface area contributed by atoms with Crippen LogP contribution in [0.3, 0.4) is 0 Å². The molecule has 340 valence electrons. The van der Waals surface area contributed by atoms with Crippen molar-refractivity contribution < 1.29 is 33.8 Å². The Hall–Kier alpha value is -3.41. The molecule has 61 heavy (non-hydrogen) atoms. The van der Waals surface area contributed by atoms with Gasteiger partial charge in [-0.05, 0) is 62.8 Å². The first-order valence-electron chi connectivity index (χ1n) is 18.0. The molecule has 13 nitrogen and oxygen atoms in total. The maximum absolute atomic E-state index is 12.5. The van der Waals surface area contributed by atoms with E-state index in [1.54, 1.807) is 43.0 Å². The Morgan fingerprint density at radius 2 is 1.33 bits per heavy atom. The Kier molecular flexibility index (Phi) is 26.1. The number of carbonyl (C=O) groups excluding carboxylic acids is 3. The van der Waals surface area contributed by atoms with Gasteiger partial charge >= 0.3 is 17.5 Å². The number of halogens is 5. The van der Waals surface area contributed by atoms with Crippen molar-refractivity contribution in [2.75, 3.05) is 36.5 Å². The van der Waals surface area contributed by atoms with E-state index in [4.69, 9.17) is 78.6 Å². The number of aromatic nitrogens is 2. The molecule has 1 aliphatic heterocycles. The van der Waals surface area contributed by atoms with Gasteiger partial charge in [-0.2, -0.15) is 0 Å². The van der Waals surface area contributed by atoms with Gasteiger partial charge in [0.1, 0.15) is 12.1 Å². The summed E-state index contributed by atoms with van der Waals surface area (Å²) in [5.74, 6) is -0.356. The van der Waals surface area contributed by atoms with Gasteiger partial charge in [-0.3, -0.25) is 14.5 Å². The molecule has 0 aliphatic carbocycles. The SMILES string of the molecule is C.C.C.CC(C)Cc1sc(NCC(N)C(=O)O)nc1-c1ccc(Cl)c(Cl)c1.CCOC(=O)Cl.CCOC(=O)NC1CN(c2nc(-c3ccc(Cl)c(Cl)c3)c(CC(C)C)s2)C1=O. The number of rotatable bonds is 14.